The number of halogens is 2. The molecular formula is C19H21ClFN5O2S2. The average Bonchev–Trinajstić information content (AvgIpc) is 3.23. The highest BCUT2D eigenvalue weighted by Crippen LogP contribution is 2.31. The first-order chi connectivity index (χ1) is 14.3. The van der Waals surface area contributed by atoms with Crippen molar-refractivity contribution in [3.63, 3.8) is 0 Å². The van der Waals surface area contributed by atoms with Crippen LogP contribution in [0, 0.1) is 5.82 Å². The van der Waals surface area contributed by atoms with E-state index in [9.17, 15) is 14.0 Å². The van der Waals surface area contributed by atoms with Gasteiger partial charge in [-0.05, 0) is 37.2 Å². The molecular weight excluding hydrogens is 449 g/mol. The molecule has 160 valence electrons. The van der Waals surface area contributed by atoms with E-state index in [2.05, 4.69) is 15.7 Å². The highest BCUT2D eigenvalue weighted by molar-refractivity contribution is 7.80. The number of benzene rings is 1. The molecule has 0 saturated carbocycles. The number of hydrazine groups is 1. The van der Waals surface area contributed by atoms with Crippen LogP contribution in [0.5, 0.6) is 0 Å². The summed E-state index contributed by atoms with van der Waals surface area (Å²) in [7, 11) is 3.31. The van der Waals surface area contributed by atoms with Crippen LogP contribution in [0.1, 0.15) is 44.6 Å². The first kappa shape index (κ1) is 22.4. The predicted molar refractivity (Wildman–Crippen MR) is 118 cm³/mol. The first-order valence-corrected chi connectivity index (χ1v) is 10.9. The Morgan fingerprint density at radius 3 is 2.70 bits per heavy atom. The Balaban J connectivity index is 1.60. The molecule has 0 radical (unpaired) electrons. The van der Waals surface area contributed by atoms with Crippen LogP contribution in [0.2, 0.25) is 5.02 Å². The number of thiazole rings is 1. The van der Waals surface area contributed by atoms with E-state index in [0.29, 0.717) is 36.7 Å². The summed E-state index contributed by atoms with van der Waals surface area (Å²) in [6.45, 7) is 0.933. The van der Waals surface area contributed by atoms with Crippen molar-refractivity contribution in [1.82, 2.24) is 25.6 Å². The number of rotatable bonds is 3. The lowest BCUT2D eigenvalue weighted by Gasteiger charge is -2.31. The van der Waals surface area contributed by atoms with Gasteiger partial charge in [-0.25, -0.2) is 9.37 Å². The van der Waals surface area contributed by atoms with Crippen LogP contribution in [0.25, 0.3) is 0 Å². The van der Waals surface area contributed by atoms with Gasteiger partial charge < -0.3 is 10.2 Å². The molecule has 0 spiro atoms. The number of hydrogen-bond acceptors (Lipinski definition) is 5. The molecule has 1 aliphatic heterocycles. The van der Waals surface area contributed by atoms with Crippen molar-refractivity contribution in [2.45, 2.75) is 18.8 Å². The lowest BCUT2D eigenvalue weighted by molar-refractivity contribution is 0.0708. The minimum Gasteiger partial charge on any atom is -0.364 e. The lowest BCUT2D eigenvalue weighted by Crippen LogP contribution is -2.47. The maximum atomic E-state index is 14.0. The summed E-state index contributed by atoms with van der Waals surface area (Å²) in [6, 6.07) is 4.21. The van der Waals surface area contributed by atoms with Crippen molar-refractivity contribution < 1.29 is 14.0 Å². The predicted octanol–water partition coefficient (Wildman–Crippen LogP) is 3.04. The Labute approximate surface area is 188 Å². The number of nitrogens with one attached hydrogen (secondary N) is 2. The molecule has 0 aliphatic carbocycles. The van der Waals surface area contributed by atoms with Gasteiger partial charge in [-0.3, -0.25) is 20.0 Å². The van der Waals surface area contributed by atoms with Crippen LogP contribution in [-0.2, 0) is 0 Å². The largest absolute Gasteiger partial charge is 0.364 e. The third-order valence-corrected chi connectivity index (χ3v) is 6.65. The normalized spacial score (nSPS) is 14.3. The van der Waals surface area contributed by atoms with Crippen molar-refractivity contribution in [1.29, 1.82) is 0 Å². The Morgan fingerprint density at radius 1 is 1.37 bits per heavy atom. The lowest BCUT2D eigenvalue weighted by atomic mass is 9.97. The summed E-state index contributed by atoms with van der Waals surface area (Å²) in [4.78, 5) is 31.1. The molecule has 2 heterocycles. The van der Waals surface area contributed by atoms with Crippen LogP contribution >= 0.6 is 35.2 Å². The molecule has 1 aliphatic rings. The fraction of sp³-hybridized carbons (Fsp3) is 0.368. The van der Waals surface area contributed by atoms with Crippen LogP contribution in [-0.4, -0.2) is 59.0 Å². The average molecular weight is 470 g/mol. The number of amides is 2. The van der Waals surface area contributed by atoms with Gasteiger partial charge in [0, 0.05) is 38.5 Å². The Bertz CT molecular complexity index is 942. The fourth-order valence-electron chi connectivity index (χ4n) is 3.20. The number of nitrogens with zero attached hydrogens (tertiary/aromatic N) is 3. The monoisotopic (exact) mass is 469 g/mol. The second kappa shape index (κ2) is 9.67. The van der Waals surface area contributed by atoms with Crippen molar-refractivity contribution in [2.75, 3.05) is 27.2 Å². The van der Waals surface area contributed by atoms with Gasteiger partial charge >= 0.3 is 0 Å². The molecule has 7 nitrogen and oxygen atoms in total. The van der Waals surface area contributed by atoms with Crippen molar-refractivity contribution >= 4 is 52.1 Å². The molecule has 0 bridgehead atoms. The smallest absolute Gasteiger partial charge is 0.289 e. The summed E-state index contributed by atoms with van der Waals surface area (Å²) < 4.78 is 14.0. The standard InChI is InChI=1S/C19H21ClFN5O2S2/c1-22-19(29)25(2)24-16(27)14-10-30-17(23-14)11-6-8-26(9-7-11)18(28)15-12(20)4-3-5-13(15)21/h3-5,10-11H,6-9H2,1-2H3,(H,22,29)(H,24,27). The molecule has 30 heavy (non-hydrogen) atoms. The van der Waals surface area contributed by atoms with Crippen molar-refractivity contribution in [2.24, 2.45) is 0 Å². The van der Waals surface area contributed by atoms with Gasteiger partial charge in [0.1, 0.15) is 11.5 Å². The maximum Gasteiger partial charge on any atom is 0.289 e. The summed E-state index contributed by atoms with van der Waals surface area (Å²) in [5, 5.41) is 7.22. The molecule has 11 heteroatoms. The Hall–Kier alpha value is -2.30. The minimum atomic E-state index is -0.618. The molecule has 0 atom stereocenters. The summed E-state index contributed by atoms with van der Waals surface area (Å²) in [6.07, 6.45) is 1.35. The van der Waals surface area contributed by atoms with E-state index in [4.69, 9.17) is 23.8 Å². The second-order valence-electron chi connectivity index (χ2n) is 6.79. The third-order valence-electron chi connectivity index (χ3n) is 4.85. The maximum absolute atomic E-state index is 14.0. The number of thiocarbonyl (C=S) groups is 1. The number of aromatic nitrogens is 1. The molecule has 1 saturated heterocycles. The number of carbonyl (C=O) groups is 2. The van der Waals surface area contributed by atoms with E-state index in [-0.39, 0.29) is 22.4 Å². The van der Waals surface area contributed by atoms with Gasteiger partial charge in [-0.15, -0.1) is 11.3 Å². The van der Waals surface area contributed by atoms with Crippen LogP contribution in [0.4, 0.5) is 4.39 Å². The van der Waals surface area contributed by atoms with Gasteiger partial charge in [0.15, 0.2) is 5.11 Å². The minimum absolute atomic E-state index is 0.0885. The van der Waals surface area contributed by atoms with E-state index < -0.39 is 11.7 Å². The molecule has 2 amide bonds. The summed E-state index contributed by atoms with van der Waals surface area (Å²) in [5.41, 5.74) is 2.88. The second-order valence-corrected chi connectivity index (χ2v) is 8.47. The molecule has 0 unspecified atom stereocenters. The molecule has 1 fully saturated rings. The van der Waals surface area contributed by atoms with Gasteiger partial charge in [0.05, 0.1) is 15.6 Å². The van der Waals surface area contributed by atoms with Crippen LogP contribution in [0.3, 0.4) is 0 Å². The highest BCUT2D eigenvalue weighted by atomic mass is 35.5. The van der Waals surface area contributed by atoms with Gasteiger partial charge in [-0.2, -0.15) is 0 Å². The van der Waals surface area contributed by atoms with E-state index in [1.807, 2.05) is 0 Å². The van der Waals surface area contributed by atoms with E-state index >= 15 is 0 Å². The molecule has 3 rings (SSSR count). The SMILES string of the molecule is CNC(=S)N(C)NC(=O)c1csc(C2CCN(C(=O)c3c(F)cccc3Cl)CC2)n1. The highest BCUT2D eigenvalue weighted by Gasteiger charge is 2.29. The molecule has 1 aromatic heterocycles. The van der Waals surface area contributed by atoms with Gasteiger partial charge in [0.25, 0.3) is 11.8 Å². The molecule has 1 aromatic carbocycles. The zero-order valence-corrected chi connectivity index (χ0v) is 18.8. The van der Waals surface area contributed by atoms with E-state index in [1.165, 1.54) is 34.5 Å². The third kappa shape index (κ3) is 4.88. The van der Waals surface area contributed by atoms with Crippen LogP contribution in [0.15, 0.2) is 23.6 Å². The number of carbonyl (C=O) groups excluding carboxylic acids is 2. The molecule has 2 N–H and O–H groups in total. The Kier molecular flexibility index (Phi) is 7.22. The number of hydrogen-bond donors (Lipinski definition) is 2. The van der Waals surface area contributed by atoms with E-state index in [0.717, 1.165) is 5.01 Å². The van der Waals surface area contributed by atoms with Gasteiger partial charge in [-0.1, -0.05) is 17.7 Å². The fourth-order valence-corrected chi connectivity index (χ4v) is 4.46. The summed E-state index contributed by atoms with van der Waals surface area (Å²) in [5.74, 6) is -1.24. The van der Waals surface area contributed by atoms with Crippen LogP contribution < -0.4 is 10.7 Å². The topological polar surface area (TPSA) is 77.6 Å². The van der Waals surface area contributed by atoms with Crippen molar-refractivity contribution in [3.05, 3.63) is 50.7 Å². The zero-order chi connectivity index (χ0) is 21.8. The number of likely N-dealkylation sites (tertiary alicyclic amines) is 1. The quantitative estimate of drug-likeness (QED) is 0.531. The van der Waals surface area contributed by atoms with Crippen molar-refractivity contribution in [3.8, 4) is 0 Å². The Morgan fingerprint density at radius 2 is 2.07 bits per heavy atom. The zero-order valence-electron chi connectivity index (χ0n) is 16.4. The molecule has 2 aromatic rings. The van der Waals surface area contributed by atoms with Gasteiger partial charge in [0.2, 0.25) is 0 Å². The summed E-state index contributed by atoms with van der Waals surface area (Å²) >= 11 is 12.5. The van der Waals surface area contributed by atoms with E-state index in [1.54, 1.807) is 24.4 Å². The number of piperidine rings is 1. The first-order valence-electron chi connectivity index (χ1n) is 9.27.